The maximum atomic E-state index is 5.11. The molecule has 0 amide bonds. The van der Waals surface area contributed by atoms with Gasteiger partial charge in [-0.15, -0.1) is 0 Å². The minimum Gasteiger partial charge on any atom is -0.384 e. The van der Waals surface area contributed by atoms with Crippen LogP contribution in [0.1, 0.15) is 6.92 Å². The van der Waals surface area contributed by atoms with Crippen molar-refractivity contribution in [3.8, 4) is 0 Å². The molecule has 0 saturated carbocycles. The summed E-state index contributed by atoms with van der Waals surface area (Å²) in [4.78, 5) is 0. The van der Waals surface area contributed by atoms with Crippen molar-refractivity contribution >= 4 is 0 Å². The molecule has 9 heavy (non-hydrogen) atoms. The molecule has 0 bridgehead atoms. The quantitative estimate of drug-likeness (QED) is 0.556. The van der Waals surface area contributed by atoms with Gasteiger partial charge < -0.3 is 9.47 Å². The zero-order valence-electron chi connectivity index (χ0n) is 6.22. The first-order chi connectivity index (χ1) is 4.31. The predicted molar refractivity (Wildman–Crippen MR) is 37.2 cm³/mol. The first-order valence-electron chi connectivity index (χ1n) is 3.21. The van der Waals surface area contributed by atoms with E-state index in [1.807, 2.05) is 6.92 Å². The smallest absolute Gasteiger partial charge is 0.0516 e. The Morgan fingerprint density at radius 2 is 2.11 bits per heavy atom. The molecule has 0 N–H and O–H groups in total. The first kappa shape index (κ1) is 8.92. The van der Waals surface area contributed by atoms with Crippen LogP contribution in [0.2, 0.25) is 0 Å². The molecule has 0 saturated heterocycles. The van der Waals surface area contributed by atoms with Crippen molar-refractivity contribution in [1.29, 1.82) is 0 Å². The van der Waals surface area contributed by atoms with E-state index < -0.39 is 0 Å². The highest BCUT2D eigenvalue weighted by atomic mass is 16.5. The number of ether oxygens (including phenoxy) is 2. The highest BCUT2D eigenvalue weighted by Crippen LogP contribution is 1.93. The maximum absolute atomic E-state index is 5.11. The van der Waals surface area contributed by atoms with Gasteiger partial charge in [-0.25, -0.2) is 0 Å². The highest BCUT2D eigenvalue weighted by molar-refractivity contribution is 4.57. The topological polar surface area (TPSA) is 18.5 Å². The highest BCUT2D eigenvalue weighted by Gasteiger charge is 1.98. The van der Waals surface area contributed by atoms with E-state index >= 15 is 0 Å². The molecule has 0 fully saturated rings. The zero-order valence-corrected chi connectivity index (χ0v) is 6.22. The van der Waals surface area contributed by atoms with Gasteiger partial charge in [0, 0.05) is 19.6 Å². The molecular formula is C7H15O2. The van der Waals surface area contributed by atoms with Crippen LogP contribution in [0.5, 0.6) is 0 Å². The van der Waals surface area contributed by atoms with Gasteiger partial charge in [-0.3, -0.25) is 0 Å². The fraction of sp³-hybridized carbons (Fsp3) is 0.857. The number of hydrogen-bond donors (Lipinski definition) is 0. The first-order valence-corrected chi connectivity index (χ1v) is 3.21. The van der Waals surface area contributed by atoms with Crippen LogP contribution >= 0.6 is 0 Å². The van der Waals surface area contributed by atoms with Gasteiger partial charge in [0.1, 0.15) is 0 Å². The second-order valence-corrected chi connectivity index (χ2v) is 1.98. The van der Waals surface area contributed by atoms with Crippen LogP contribution in [0.4, 0.5) is 0 Å². The van der Waals surface area contributed by atoms with Crippen LogP contribution in [-0.2, 0) is 9.47 Å². The van der Waals surface area contributed by atoms with Crippen molar-refractivity contribution in [3.05, 3.63) is 6.92 Å². The van der Waals surface area contributed by atoms with Gasteiger partial charge in [0.25, 0.3) is 0 Å². The fourth-order valence-electron chi connectivity index (χ4n) is 0.568. The lowest BCUT2D eigenvalue weighted by Gasteiger charge is -2.08. The van der Waals surface area contributed by atoms with Crippen molar-refractivity contribution in [2.75, 3.05) is 26.9 Å². The van der Waals surface area contributed by atoms with Gasteiger partial charge in [0.05, 0.1) is 13.2 Å². The third kappa shape index (κ3) is 5.80. The largest absolute Gasteiger partial charge is 0.384 e. The summed E-state index contributed by atoms with van der Waals surface area (Å²) < 4.78 is 9.96. The van der Waals surface area contributed by atoms with Gasteiger partial charge >= 0.3 is 0 Å². The lowest BCUT2D eigenvalue weighted by atomic mass is 10.2. The summed E-state index contributed by atoms with van der Waals surface area (Å²) >= 11 is 0. The second-order valence-electron chi connectivity index (χ2n) is 1.98. The van der Waals surface area contributed by atoms with Crippen LogP contribution in [0.25, 0.3) is 0 Å². The van der Waals surface area contributed by atoms with Crippen LogP contribution < -0.4 is 0 Å². The SMILES string of the molecule is [CH2]C(COC)COCC. The molecule has 0 aromatic carbocycles. The van der Waals surface area contributed by atoms with Crippen LogP contribution in [0.3, 0.4) is 0 Å². The molecular weight excluding hydrogens is 116 g/mol. The van der Waals surface area contributed by atoms with Crippen molar-refractivity contribution < 1.29 is 9.47 Å². The maximum Gasteiger partial charge on any atom is 0.0516 e. The molecule has 0 aliphatic carbocycles. The van der Waals surface area contributed by atoms with E-state index in [1.54, 1.807) is 7.11 Å². The minimum absolute atomic E-state index is 0.273. The summed E-state index contributed by atoms with van der Waals surface area (Å²) in [7, 11) is 1.67. The minimum atomic E-state index is 0.273. The van der Waals surface area contributed by atoms with Crippen LogP contribution in [0, 0.1) is 12.8 Å². The summed E-state index contributed by atoms with van der Waals surface area (Å²) in [6.07, 6.45) is 0. The summed E-state index contributed by atoms with van der Waals surface area (Å²) in [5.74, 6) is 0.273. The Labute approximate surface area is 57.2 Å². The normalized spacial score (nSPS) is 13.7. The van der Waals surface area contributed by atoms with E-state index in [0.717, 1.165) is 6.61 Å². The summed E-state index contributed by atoms with van der Waals surface area (Å²) in [6, 6.07) is 0. The Morgan fingerprint density at radius 1 is 1.44 bits per heavy atom. The van der Waals surface area contributed by atoms with E-state index in [1.165, 1.54) is 0 Å². The second kappa shape index (κ2) is 6.05. The Kier molecular flexibility index (Phi) is 5.99. The molecule has 2 heteroatoms. The molecule has 1 unspecified atom stereocenters. The van der Waals surface area contributed by atoms with E-state index in [-0.39, 0.29) is 5.92 Å². The molecule has 0 aliphatic heterocycles. The zero-order chi connectivity index (χ0) is 7.11. The average Bonchev–Trinajstić information content (AvgIpc) is 1.85. The Hall–Kier alpha value is -0.0800. The Morgan fingerprint density at radius 3 is 2.56 bits per heavy atom. The summed E-state index contributed by atoms with van der Waals surface area (Å²) in [5.41, 5.74) is 0. The third-order valence-corrected chi connectivity index (χ3v) is 0.960. The van der Waals surface area contributed by atoms with Gasteiger partial charge in [-0.2, -0.15) is 0 Å². The van der Waals surface area contributed by atoms with E-state index in [0.29, 0.717) is 13.2 Å². The molecule has 1 radical (unpaired) electrons. The molecule has 1 atom stereocenters. The van der Waals surface area contributed by atoms with Crippen molar-refractivity contribution in [2.45, 2.75) is 6.92 Å². The standard InChI is InChI=1S/C7H15O2/c1-4-9-6-7(2)5-8-3/h7H,2,4-6H2,1,3H3. The average molecular weight is 131 g/mol. The molecule has 2 nitrogen and oxygen atoms in total. The monoisotopic (exact) mass is 131 g/mol. The summed E-state index contributed by atoms with van der Waals surface area (Å²) in [5, 5.41) is 0. The van der Waals surface area contributed by atoms with E-state index in [2.05, 4.69) is 6.92 Å². The molecule has 0 aromatic heterocycles. The number of methoxy groups -OCH3 is 1. The number of hydrogen-bond acceptors (Lipinski definition) is 2. The molecule has 0 spiro atoms. The van der Waals surface area contributed by atoms with Crippen molar-refractivity contribution in [3.63, 3.8) is 0 Å². The van der Waals surface area contributed by atoms with Crippen LogP contribution in [0.15, 0.2) is 0 Å². The molecule has 0 aliphatic rings. The van der Waals surface area contributed by atoms with Crippen LogP contribution in [-0.4, -0.2) is 26.9 Å². The van der Waals surface area contributed by atoms with E-state index in [9.17, 15) is 0 Å². The Balaban J connectivity index is 2.95. The molecule has 0 rings (SSSR count). The summed E-state index contributed by atoms with van der Waals surface area (Å²) in [6.45, 7) is 7.93. The molecule has 55 valence electrons. The van der Waals surface area contributed by atoms with Gasteiger partial charge in [-0.05, 0) is 13.8 Å². The number of rotatable bonds is 5. The van der Waals surface area contributed by atoms with Gasteiger partial charge in [0.2, 0.25) is 0 Å². The predicted octanol–water partition coefficient (Wildman–Crippen LogP) is 1.12. The van der Waals surface area contributed by atoms with Crippen molar-refractivity contribution in [1.82, 2.24) is 0 Å². The van der Waals surface area contributed by atoms with Gasteiger partial charge in [0.15, 0.2) is 0 Å². The van der Waals surface area contributed by atoms with Gasteiger partial charge in [-0.1, -0.05) is 0 Å². The van der Waals surface area contributed by atoms with Crippen molar-refractivity contribution in [2.24, 2.45) is 5.92 Å². The fourth-order valence-corrected chi connectivity index (χ4v) is 0.568. The Bertz CT molecular complexity index is 54.9. The lowest BCUT2D eigenvalue weighted by molar-refractivity contribution is 0.0809. The molecule has 0 heterocycles. The third-order valence-electron chi connectivity index (χ3n) is 0.960. The van der Waals surface area contributed by atoms with E-state index in [4.69, 9.17) is 9.47 Å². The molecule has 0 aromatic rings. The lowest BCUT2D eigenvalue weighted by Crippen LogP contribution is -2.11.